The van der Waals surface area contributed by atoms with Gasteiger partial charge in [0.1, 0.15) is 0 Å². The maximum atomic E-state index is 11.3. The van der Waals surface area contributed by atoms with Gasteiger partial charge in [-0.1, -0.05) is 58.3 Å². The lowest BCUT2D eigenvalue weighted by Crippen LogP contribution is -2.37. The van der Waals surface area contributed by atoms with E-state index >= 15 is 0 Å². The number of hydrogen-bond acceptors (Lipinski definition) is 6. The number of unbranched alkanes of at least 4 members (excludes halogenated alkanes) is 3. The summed E-state index contributed by atoms with van der Waals surface area (Å²) in [6.07, 6.45) is 22.5. The molecule has 2 aliphatic heterocycles. The number of carbonyl (C=O) groups is 1. The van der Waals surface area contributed by atoms with Crippen LogP contribution in [-0.2, 0) is 28.5 Å². The number of methoxy groups -OCH3 is 1. The van der Waals surface area contributed by atoms with Crippen molar-refractivity contribution in [3.63, 3.8) is 0 Å². The highest BCUT2D eigenvalue weighted by molar-refractivity contribution is 6.21. The van der Waals surface area contributed by atoms with Crippen molar-refractivity contribution in [1.29, 1.82) is 0 Å². The van der Waals surface area contributed by atoms with Crippen LogP contribution in [0.5, 0.6) is 0 Å². The maximum Gasteiger partial charge on any atom is 0.330 e. The lowest BCUT2D eigenvalue weighted by Gasteiger charge is -2.37. The van der Waals surface area contributed by atoms with E-state index < -0.39 is 0 Å². The summed E-state index contributed by atoms with van der Waals surface area (Å²) in [5.41, 5.74) is -0.00338. The molecule has 2 heterocycles. The summed E-state index contributed by atoms with van der Waals surface area (Å²) in [6, 6.07) is 0. The van der Waals surface area contributed by atoms with Crippen molar-refractivity contribution >= 4 is 17.6 Å². The van der Waals surface area contributed by atoms with Crippen LogP contribution in [0, 0.1) is 17.3 Å². The molecule has 2 saturated heterocycles. The number of carbonyl (C=O) groups excluding carboxylic acids is 1. The van der Waals surface area contributed by atoms with Crippen molar-refractivity contribution in [2.24, 2.45) is 17.3 Å². The van der Waals surface area contributed by atoms with Crippen LogP contribution in [0.15, 0.2) is 24.3 Å². The van der Waals surface area contributed by atoms with Crippen LogP contribution in [0.2, 0.25) is 0 Å². The number of allylic oxidation sites excluding steroid dienone is 1. The zero-order valence-corrected chi connectivity index (χ0v) is 26.2. The standard InChI is InChI=1S/C33H55ClO6/c1-5-6-21-33(2,3)29(40-32-18-12-14-23-38-32)20-19-26-25(15-9-7-8-10-16-30(35)36-4)27(34)24-28(26)39-31-17-11-13-22-37-31/h10,16,19-20,25-29,31-32H,5-9,11-15,17-18,21-24H2,1-4H3/b16-10+,20-19+/t25-,26-,27-,28-,29-,31?,32?/m1/s1. The first-order chi connectivity index (χ1) is 19.3. The molecule has 40 heavy (non-hydrogen) atoms. The van der Waals surface area contributed by atoms with E-state index in [4.69, 9.17) is 30.5 Å². The third kappa shape index (κ3) is 11.1. The molecule has 0 radical (unpaired) electrons. The molecule has 1 aliphatic carbocycles. The van der Waals surface area contributed by atoms with Gasteiger partial charge >= 0.3 is 5.97 Å². The quantitative estimate of drug-likeness (QED) is 0.0602. The topological polar surface area (TPSA) is 63.2 Å². The van der Waals surface area contributed by atoms with Gasteiger partial charge in [0.25, 0.3) is 0 Å². The fourth-order valence-corrected chi connectivity index (χ4v) is 6.71. The van der Waals surface area contributed by atoms with Crippen LogP contribution in [0.4, 0.5) is 0 Å². The van der Waals surface area contributed by atoms with Crippen molar-refractivity contribution in [3.8, 4) is 0 Å². The monoisotopic (exact) mass is 582 g/mol. The molecule has 0 aromatic heterocycles. The molecule has 3 rings (SSSR count). The Balaban J connectivity index is 1.72. The number of esters is 1. The van der Waals surface area contributed by atoms with Crippen LogP contribution in [0.3, 0.4) is 0 Å². The minimum Gasteiger partial charge on any atom is -0.466 e. The summed E-state index contributed by atoms with van der Waals surface area (Å²) in [6.45, 7) is 8.44. The van der Waals surface area contributed by atoms with E-state index in [1.54, 1.807) is 0 Å². The van der Waals surface area contributed by atoms with E-state index in [2.05, 4.69) is 37.7 Å². The van der Waals surface area contributed by atoms with E-state index in [9.17, 15) is 4.79 Å². The van der Waals surface area contributed by atoms with E-state index in [-0.39, 0.29) is 47.5 Å². The molecule has 0 spiro atoms. The lowest BCUT2D eigenvalue weighted by molar-refractivity contribution is -0.198. The fraction of sp³-hybridized carbons (Fsp3) is 0.848. The first kappa shape index (κ1) is 33.6. The summed E-state index contributed by atoms with van der Waals surface area (Å²) in [7, 11) is 1.40. The Morgan fingerprint density at radius 2 is 1.77 bits per heavy atom. The van der Waals surface area contributed by atoms with Gasteiger partial charge < -0.3 is 23.7 Å². The van der Waals surface area contributed by atoms with Crippen LogP contribution in [0.1, 0.15) is 111 Å². The number of ether oxygens (including phenoxy) is 5. The first-order valence-electron chi connectivity index (χ1n) is 15.9. The van der Waals surface area contributed by atoms with Gasteiger partial charge in [0.2, 0.25) is 0 Å². The average molecular weight is 583 g/mol. The molecule has 0 aromatic carbocycles. The highest BCUT2D eigenvalue weighted by Gasteiger charge is 2.43. The number of halogens is 1. The van der Waals surface area contributed by atoms with Gasteiger partial charge in [0, 0.05) is 30.6 Å². The third-order valence-corrected chi connectivity index (χ3v) is 9.31. The van der Waals surface area contributed by atoms with E-state index in [0.717, 1.165) is 90.3 Å². The maximum absolute atomic E-state index is 11.3. The van der Waals surface area contributed by atoms with Gasteiger partial charge in [0.15, 0.2) is 12.6 Å². The second kappa shape index (κ2) is 17.9. The molecule has 0 aromatic rings. The van der Waals surface area contributed by atoms with Crippen molar-refractivity contribution in [3.05, 3.63) is 24.3 Å². The van der Waals surface area contributed by atoms with Crippen molar-refractivity contribution in [2.75, 3.05) is 20.3 Å². The molecule has 0 amide bonds. The number of hydrogen-bond donors (Lipinski definition) is 0. The molecule has 0 bridgehead atoms. The van der Waals surface area contributed by atoms with Crippen LogP contribution in [0.25, 0.3) is 0 Å². The van der Waals surface area contributed by atoms with E-state index in [1.165, 1.54) is 26.0 Å². The van der Waals surface area contributed by atoms with Gasteiger partial charge in [-0.2, -0.15) is 0 Å². The molecule has 7 heteroatoms. The van der Waals surface area contributed by atoms with Crippen molar-refractivity contribution in [1.82, 2.24) is 0 Å². The first-order valence-corrected chi connectivity index (χ1v) is 16.4. The van der Waals surface area contributed by atoms with Crippen LogP contribution < -0.4 is 0 Å². The Bertz CT molecular complexity index is 771. The highest BCUT2D eigenvalue weighted by Crippen LogP contribution is 2.43. The molecule has 6 nitrogen and oxygen atoms in total. The van der Waals surface area contributed by atoms with Gasteiger partial charge in [-0.05, 0) is 82.0 Å². The Labute approximate surface area is 248 Å². The van der Waals surface area contributed by atoms with Crippen molar-refractivity contribution in [2.45, 2.75) is 141 Å². The Morgan fingerprint density at radius 1 is 1.05 bits per heavy atom. The second-order valence-corrected chi connectivity index (χ2v) is 13.1. The summed E-state index contributed by atoms with van der Waals surface area (Å²) in [5.74, 6) is 0.226. The fourth-order valence-electron chi connectivity index (χ4n) is 6.24. The largest absolute Gasteiger partial charge is 0.466 e. The second-order valence-electron chi connectivity index (χ2n) is 12.5. The van der Waals surface area contributed by atoms with E-state index in [1.807, 2.05) is 6.08 Å². The van der Waals surface area contributed by atoms with Gasteiger partial charge in [-0.25, -0.2) is 4.79 Å². The predicted octanol–water partition coefficient (Wildman–Crippen LogP) is 8.12. The van der Waals surface area contributed by atoms with Crippen LogP contribution >= 0.6 is 11.6 Å². The molecule has 2 unspecified atom stereocenters. The van der Waals surface area contributed by atoms with Gasteiger partial charge in [-0.15, -0.1) is 11.6 Å². The molecule has 3 fully saturated rings. The minimum atomic E-state index is -0.302. The zero-order chi connectivity index (χ0) is 28.8. The highest BCUT2D eigenvalue weighted by atomic mass is 35.5. The lowest BCUT2D eigenvalue weighted by atomic mass is 9.80. The van der Waals surface area contributed by atoms with Gasteiger partial charge in [-0.3, -0.25) is 0 Å². The molecule has 230 valence electrons. The molecule has 7 atom stereocenters. The zero-order valence-electron chi connectivity index (χ0n) is 25.5. The Kier molecular flexibility index (Phi) is 15.0. The molecular weight excluding hydrogens is 528 g/mol. The average Bonchev–Trinajstić information content (AvgIpc) is 3.25. The molecular formula is C33H55ClO6. The summed E-state index contributed by atoms with van der Waals surface area (Å²) in [4.78, 5) is 11.3. The molecule has 1 saturated carbocycles. The summed E-state index contributed by atoms with van der Waals surface area (Å²) >= 11 is 7.03. The SMILES string of the molecule is CCCCC(C)(C)[C@@H](/C=C/[C@@H]1[C@@H](CCCC/C=C/C(=O)OC)[C@H](Cl)C[C@H]1OC1CCCCO1)OC1CCCCO1. The Morgan fingerprint density at radius 3 is 2.42 bits per heavy atom. The number of alkyl halides is 1. The Hall–Kier alpha value is -0.920. The van der Waals surface area contributed by atoms with Gasteiger partial charge in [0.05, 0.1) is 19.3 Å². The van der Waals surface area contributed by atoms with Crippen LogP contribution in [-0.4, -0.2) is 56.5 Å². The van der Waals surface area contributed by atoms with E-state index in [0.29, 0.717) is 5.92 Å². The summed E-state index contributed by atoms with van der Waals surface area (Å²) < 4.78 is 29.9. The summed E-state index contributed by atoms with van der Waals surface area (Å²) in [5, 5.41) is 0.0583. The number of rotatable bonds is 16. The predicted molar refractivity (Wildman–Crippen MR) is 160 cm³/mol. The molecule has 3 aliphatic rings. The molecule has 0 N–H and O–H groups in total. The minimum absolute atomic E-state index is 0.00338. The normalized spacial score (nSPS) is 30.7. The smallest absolute Gasteiger partial charge is 0.330 e. The third-order valence-electron chi connectivity index (χ3n) is 8.81. The van der Waals surface area contributed by atoms with Crippen molar-refractivity contribution < 1.29 is 28.5 Å².